The predicted octanol–water partition coefficient (Wildman–Crippen LogP) is 0.588. The Labute approximate surface area is 139 Å². The van der Waals surface area contributed by atoms with E-state index in [1.165, 1.54) is 11.8 Å². The van der Waals surface area contributed by atoms with Gasteiger partial charge in [-0.05, 0) is 30.2 Å². The SMILES string of the molecule is O=C(CSCCCO)NC(Cc1coc2ccccc12)B(O)O. The summed E-state index contributed by atoms with van der Waals surface area (Å²) in [5.41, 5.74) is 1.53. The molecule has 124 valence electrons. The van der Waals surface area contributed by atoms with Gasteiger partial charge >= 0.3 is 7.12 Å². The highest BCUT2D eigenvalue weighted by Gasteiger charge is 2.26. The summed E-state index contributed by atoms with van der Waals surface area (Å²) in [6.45, 7) is 0.0974. The van der Waals surface area contributed by atoms with Crippen LogP contribution in [0.15, 0.2) is 34.9 Å². The lowest BCUT2D eigenvalue weighted by Crippen LogP contribution is -2.48. The summed E-state index contributed by atoms with van der Waals surface area (Å²) in [7, 11) is -1.66. The van der Waals surface area contributed by atoms with E-state index < -0.39 is 13.1 Å². The van der Waals surface area contributed by atoms with E-state index in [-0.39, 0.29) is 24.7 Å². The lowest BCUT2D eigenvalue weighted by atomic mass is 9.76. The van der Waals surface area contributed by atoms with Gasteiger partial charge in [-0.3, -0.25) is 4.79 Å². The summed E-state index contributed by atoms with van der Waals surface area (Å²) in [4.78, 5) is 11.9. The largest absolute Gasteiger partial charge is 0.475 e. The second kappa shape index (κ2) is 8.98. The van der Waals surface area contributed by atoms with E-state index in [0.29, 0.717) is 12.2 Å². The van der Waals surface area contributed by atoms with Crippen molar-refractivity contribution in [2.24, 2.45) is 0 Å². The number of amides is 1. The van der Waals surface area contributed by atoms with E-state index in [9.17, 15) is 14.8 Å². The van der Waals surface area contributed by atoms with Crippen LogP contribution in [0.4, 0.5) is 0 Å². The van der Waals surface area contributed by atoms with Gasteiger partial charge in [-0.2, -0.15) is 11.8 Å². The first-order valence-corrected chi connectivity index (χ1v) is 8.56. The highest BCUT2D eigenvalue weighted by Crippen LogP contribution is 2.22. The van der Waals surface area contributed by atoms with Gasteiger partial charge in [-0.15, -0.1) is 0 Å². The molecule has 2 rings (SSSR count). The summed E-state index contributed by atoms with van der Waals surface area (Å²) in [5, 5.41) is 31.2. The Morgan fingerprint density at radius 3 is 2.87 bits per heavy atom. The van der Waals surface area contributed by atoms with E-state index in [0.717, 1.165) is 16.5 Å². The zero-order valence-corrected chi connectivity index (χ0v) is 13.5. The lowest BCUT2D eigenvalue weighted by molar-refractivity contribution is -0.118. The maximum Gasteiger partial charge on any atom is 0.475 e. The number of nitrogens with one attached hydrogen (secondary N) is 1. The zero-order valence-electron chi connectivity index (χ0n) is 12.6. The van der Waals surface area contributed by atoms with Crippen LogP contribution in [0.25, 0.3) is 11.0 Å². The molecule has 0 bridgehead atoms. The summed E-state index contributed by atoms with van der Waals surface area (Å²) in [6, 6.07) is 7.46. The van der Waals surface area contributed by atoms with Crippen LogP contribution in [-0.2, 0) is 11.2 Å². The van der Waals surface area contributed by atoms with Crippen LogP contribution >= 0.6 is 11.8 Å². The molecule has 0 radical (unpaired) electrons. The van der Waals surface area contributed by atoms with E-state index in [1.54, 1.807) is 6.26 Å². The van der Waals surface area contributed by atoms with Crippen molar-refractivity contribution in [2.75, 3.05) is 18.1 Å². The number of carbonyl (C=O) groups is 1. The minimum Gasteiger partial charge on any atom is -0.464 e. The second-order valence-electron chi connectivity index (χ2n) is 5.18. The van der Waals surface area contributed by atoms with E-state index in [1.807, 2.05) is 24.3 Å². The normalized spacial score (nSPS) is 12.3. The molecule has 1 amide bonds. The number of fused-ring (bicyclic) bond motifs is 1. The van der Waals surface area contributed by atoms with Crippen LogP contribution in [-0.4, -0.2) is 52.2 Å². The average Bonchev–Trinajstić information content (AvgIpc) is 2.94. The van der Waals surface area contributed by atoms with Gasteiger partial charge in [0.15, 0.2) is 0 Å². The number of thioether (sulfide) groups is 1. The quantitative estimate of drug-likeness (QED) is 0.394. The molecule has 0 aliphatic rings. The number of aliphatic hydroxyl groups excluding tert-OH is 1. The van der Waals surface area contributed by atoms with Crippen LogP contribution in [0.5, 0.6) is 0 Å². The van der Waals surface area contributed by atoms with Gasteiger partial charge < -0.3 is 24.9 Å². The van der Waals surface area contributed by atoms with Gasteiger partial charge in [0, 0.05) is 12.0 Å². The fourth-order valence-corrected chi connectivity index (χ4v) is 2.98. The molecule has 0 spiro atoms. The number of furan rings is 1. The number of carbonyl (C=O) groups excluding carboxylic acids is 1. The Hall–Kier alpha value is -1.48. The minimum atomic E-state index is -1.66. The fraction of sp³-hybridized carbons (Fsp3) is 0.400. The first-order valence-electron chi connectivity index (χ1n) is 7.41. The monoisotopic (exact) mass is 337 g/mol. The molecule has 4 N–H and O–H groups in total. The highest BCUT2D eigenvalue weighted by molar-refractivity contribution is 7.99. The van der Waals surface area contributed by atoms with Crippen LogP contribution < -0.4 is 5.32 Å². The van der Waals surface area contributed by atoms with Crippen molar-refractivity contribution in [3.8, 4) is 0 Å². The summed E-state index contributed by atoms with van der Waals surface area (Å²) in [6.07, 6.45) is 2.47. The molecule has 23 heavy (non-hydrogen) atoms. The molecule has 1 aromatic heterocycles. The Morgan fingerprint density at radius 1 is 1.35 bits per heavy atom. The highest BCUT2D eigenvalue weighted by atomic mass is 32.2. The van der Waals surface area contributed by atoms with Crippen LogP contribution in [0, 0.1) is 0 Å². The first-order chi connectivity index (χ1) is 11.1. The summed E-state index contributed by atoms with van der Waals surface area (Å²) < 4.78 is 5.42. The van der Waals surface area contributed by atoms with Crippen molar-refractivity contribution >= 4 is 35.8 Å². The van der Waals surface area contributed by atoms with Gasteiger partial charge in [0.2, 0.25) is 5.91 Å². The smallest absolute Gasteiger partial charge is 0.464 e. The van der Waals surface area contributed by atoms with E-state index in [4.69, 9.17) is 9.52 Å². The van der Waals surface area contributed by atoms with E-state index in [2.05, 4.69) is 5.32 Å². The molecular formula is C15H20BNO5S. The summed E-state index contributed by atoms with van der Waals surface area (Å²) >= 11 is 1.40. The fourth-order valence-electron chi connectivity index (χ4n) is 2.24. The third-order valence-corrected chi connectivity index (χ3v) is 4.43. The maximum absolute atomic E-state index is 11.9. The average molecular weight is 337 g/mol. The van der Waals surface area contributed by atoms with E-state index >= 15 is 0 Å². The molecule has 1 unspecified atom stereocenters. The Kier molecular flexibility index (Phi) is 6.97. The second-order valence-corrected chi connectivity index (χ2v) is 6.28. The topological polar surface area (TPSA) is 103 Å². The number of para-hydroxylation sites is 1. The van der Waals surface area contributed by atoms with Crippen LogP contribution in [0.2, 0.25) is 0 Å². The molecule has 0 saturated heterocycles. The third-order valence-electron chi connectivity index (χ3n) is 3.39. The maximum atomic E-state index is 11.9. The standard InChI is InChI=1S/C15H20BNO5S/c18-6-3-7-23-10-15(19)17-14(16(20)21)8-11-9-22-13-5-2-1-4-12(11)13/h1-2,4-5,9,14,18,20-21H,3,6-8,10H2,(H,17,19). The Balaban J connectivity index is 1.95. The third kappa shape index (κ3) is 5.28. The number of aliphatic hydroxyl groups is 1. The first kappa shape index (κ1) is 17.9. The molecule has 1 aromatic carbocycles. The molecule has 8 heteroatoms. The Bertz CT molecular complexity index is 633. The van der Waals surface area contributed by atoms with Crippen molar-refractivity contribution in [1.82, 2.24) is 5.32 Å². The molecule has 0 fully saturated rings. The molecule has 0 aliphatic carbocycles. The van der Waals surface area contributed by atoms with Gasteiger partial charge in [-0.25, -0.2) is 0 Å². The molecular weight excluding hydrogens is 317 g/mol. The van der Waals surface area contributed by atoms with Crippen molar-refractivity contribution in [3.63, 3.8) is 0 Å². The predicted molar refractivity (Wildman–Crippen MR) is 91.1 cm³/mol. The minimum absolute atomic E-state index is 0.0974. The van der Waals surface area contributed by atoms with Crippen molar-refractivity contribution < 1.29 is 24.4 Å². The molecule has 1 atom stereocenters. The number of benzene rings is 1. The van der Waals surface area contributed by atoms with Crippen LogP contribution in [0.3, 0.4) is 0 Å². The van der Waals surface area contributed by atoms with Crippen molar-refractivity contribution in [2.45, 2.75) is 18.8 Å². The number of hydrogen-bond donors (Lipinski definition) is 4. The molecule has 1 heterocycles. The van der Waals surface area contributed by atoms with Gasteiger partial charge in [0.05, 0.1) is 18.0 Å². The zero-order chi connectivity index (χ0) is 16.7. The molecule has 0 aliphatic heterocycles. The molecule has 2 aromatic rings. The summed E-state index contributed by atoms with van der Waals surface area (Å²) in [5.74, 6) is -0.168. The van der Waals surface area contributed by atoms with Crippen molar-refractivity contribution in [3.05, 3.63) is 36.1 Å². The van der Waals surface area contributed by atoms with Crippen LogP contribution in [0.1, 0.15) is 12.0 Å². The Morgan fingerprint density at radius 2 is 2.13 bits per heavy atom. The van der Waals surface area contributed by atoms with Gasteiger partial charge in [0.1, 0.15) is 5.58 Å². The lowest BCUT2D eigenvalue weighted by Gasteiger charge is -2.17. The van der Waals surface area contributed by atoms with Crippen molar-refractivity contribution in [1.29, 1.82) is 0 Å². The van der Waals surface area contributed by atoms with Gasteiger partial charge in [-0.1, -0.05) is 18.2 Å². The molecule has 6 nitrogen and oxygen atoms in total. The number of hydrogen-bond acceptors (Lipinski definition) is 6. The molecule has 0 saturated carbocycles. The number of rotatable bonds is 9. The van der Waals surface area contributed by atoms with Gasteiger partial charge in [0.25, 0.3) is 0 Å².